The van der Waals surface area contributed by atoms with Crippen LogP contribution in [-0.2, 0) is 13.0 Å². The lowest BCUT2D eigenvalue weighted by Crippen LogP contribution is -1.97. The molecule has 4 nitrogen and oxygen atoms in total. The van der Waals surface area contributed by atoms with Gasteiger partial charge in [-0.05, 0) is 18.1 Å². The van der Waals surface area contributed by atoms with E-state index < -0.39 is 0 Å². The molecule has 0 saturated heterocycles. The maximum absolute atomic E-state index is 9.25. The third-order valence-corrected chi connectivity index (χ3v) is 2.71. The topological polar surface area (TPSA) is 55.2 Å². The van der Waals surface area contributed by atoms with E-state index in [0.29, 0.717) is 16.7 Å². The number of nitrogens with zero attached hydrogens (tertiary/aromatic N) is 2. The number of hydrogen-bond donors (Lipinski definition) is 1. The van der Waals surface area contributed by atoms with E-state index in [-0.39, 0.29) is 6.61 Å². The molecule has 0 fully saturated rings. The molecule has 0 radical (unpaired) electrons. The van der Waals surface area contributed by atoms with Crippen molar-refractivity contribution < 1.29 is 9.84 Å². The number of hydrogen-bond acceptors (Lipinski definition) is 4. The van der Waals surface area contributed by atoms with Crippen LogP contribution in [0.15, 0.2) is 30.6 Å². The Balaban J connectivity index is 2.26. The monoisotopic (exact) mass is 278 g/mol. The summed E-state index contributed by atoms with van der Waals surface area (Å²) in [6.07, 6.45) is 4.94. The van der Waals surface area contributed by atoms with E-state index in [2.05, 4.69) is 16.9 Å². The van der Waals surface area contributed by atoms with Gasteiger partial charge in [0.25, 0.3) is 0 Å². The first-order valence-corrected chi connectivity index (χ1v) is 6.48. The SMILES string of the molecule is CCCc1cc(CO)cc(Oc2cncc(Cl)c2)n1. The zero-order valence-electron chi connectivity index (χ0n) is 10.6. The zero-order valence-corrected chi connectivity index (χ0v) is 11.4. The molecule has 0 amide bonds. The second kappa shape index (κ2) is 6.50. The molecule has 0 aliphatic carbocycles. The van der Waals surface area contributed by atoms with Crippen molar-refractivity contribution in [3.8, 4) is 11.6 Å². The second-order valence-electron chi connectivity index (χ2n) is 4.15. The van der Waals surface area contributed by atoms with E-state index in [1.807, 2.05) is 6.07 Å². The average Bonchev–Trinajstić information content (AvgIpc) is 2.39. The minimum atomic E-state index is -0.0383. The van der Waals surface area contributed by atoms with Gasteiger partial charge in [0.15, 0.2) is 0 Å². The van der Waals surface area contributed by atoms with Crippen LogP contribution >= 0.6 is 11.6 Å². The van der Waals surface area contributed by atoms with Crippen molar-refractivity contribution in [1.29, 1.82) is 0 Å². The highest BCUT2D eigenvalue weighted by atomic mass is 35.5. The predicted molar refractivity (Wildman–Crippen MR) is 73.5 cm³/mol. The third kappa shape index (κ3) is 3.91. The van der Waals surface area contributed by atoms with Crippen molar-refractivity contribution in [1.82, 2.24) is 9.97 Å². The normalized spacial score (nSPS) is 10.5. The predicted octanol–water partition coefficient (Wildman–Crippen LogP) is 3.37. The Morgan fingerprint density at radius 2 is 2.11 bits per heavy atom. The summed E-state index contributed by atoms with van der Waals surface area (Å²) < 4.78 is 5.62. The number of aliphatic hydroxyl groups is 1. The van der Waals surface area contributed by atoms with Gasteiger partial charge in [-0.2, -0.15) is 0 Å². The van der Waals surface area contributed by atoms with Crippen LogP contribution in [0.2, 0.25) is 5.02 Å². The molecule has 2 aromatic rings. The van der Waals surface area contributed by atoms with Crippen LogP contribution in [0.4, 0.5) is 0 Å². The smallest absolute Gasteiger partial charge is 0.219 e. The van der Waals surface area contributed by atoms with E-state index in [1.54, 1.807) is 18.3 Å². The lowest BCUT2D eigenvalue weighted by atomic mass is 10.2. The number of aromatic nitrogens is 2. The first kappa shape index (κ1) is 13.8. The summed E-state index contributed by atoms with van der Waals surface area (Å²) in [5.41, 5.74) is 1.68. The Kier molecular flexibility index (Phi) is 4.71. The molecule has 19 heavy (non-hydrogen) atoms. The van der Waals surface area contributed by atoms with Crippen molar-refractivity contribution in [2.45, 2.75) is 26.4 Å². The van der Waals surface area contributed by atoms with Gasteiger partial charge in [0, 0.05) is 24.0 Å². The number of aliphatic hydroxyl groups excluding tert-OH is 1. The lowest BCUT2D eigenvalue weighted by molar-refractivity contribution is 0.280. The highest BCUT2D eigenvalue weighted by molar-refractivity contribution is 6.30. The van der Waals surface area contributed by atoms with Crippen LogP contribution in [0, 0.1) is 0 Å². The van der Waals surface area contributed by atoms with Gasteiger partial charge in [0.1, 0.15) is 5.75 Å². The molecule has 0 saturated carbocycles. The van der Waals surface area contributed by atoms with E-state index in [0.717, 1.165) is 24.1 Å². The van der Waals surface area contributed by atoms with Crippen molar-refractivity contribution >= 4 is 11.6 Å². The molecule has 100 valence electrons. The molecule has 1 N–H and O–H groups in total. The van der Waals surface area contributed by atoms with Gasteiger partial charge in [-0.1, -0.05) is 24.9 Å². The van der Waals surface area contributed by atoms with E-state index in [1.165, 1.54) is 6.20 Å². The summed E-state index contributed by atoms with van der Waals surface area (Å²) in [6, 6.07) is 5.26. The summed E-state index contributed by atoms with van der Waals surface area (Å²) in [7, 11) is 0. The minimum Gasteiger partial charge on any atom is -0.437 e. The number of aryl methyl sites for hydroxylation is 1. The van der Waals surface area contributed by atoms with Gasteiger partial charge in [-0.15, -0.1) is 0 Å². The van der Waals surface area contributed by atoms with Crippen LogP contribution in [0.3, 0.4) is 0 Å². The van der Waals surface area contributed by atoms with E-state index in [9.17, 15) is 5.11 Å². The van der Waals surface area contributed by atoms with Crippen molar-refractivity contribution in [3.63, 3.8) is 0 Å². The molecule has 2 aromatic heterocycles. The molecule has 0 bridgehead atoms. The van der Waals surface area contributed by atoms with Crippen molar-refractivity contribution in [2.24, 2.45) is 0 Å². The Bertz CT molecular complexity index is 561. The Hall–Kier alpha value is -1.65. The number of rotatable bonds is 5. The maximum Gasteiger partial charge on any atom is 0.219 e. The van der Waals surface area contributed by atoms with Gasteiger partial charge in [0.2, 0.25) is 5.88 Å². The number of pyridine rings is 2. The van der Waals surface area contributed by atoms with Gasteiger partial charge < -0.3 is 9.84 Å². The van der Waals surface area contributed by atoms with Crippen molar-refractivity contribution in [2.75, 3.05) is 0 Å². The van der Waals surface area contributed by atoms with Gasteiger partial charge >= 0.3 is 0 Å². The van der Waals surface area contributed by atoms with Crippen LogP contribution in [0.5, 0.6) is 11.6 Å². The minimum absolute atomic E-state index is 0.0383. The quantitative estimate of drug-likeness (QED) is 0.911. The molecule has 2 rings (SSSR count). The largest absolute Gasteiger partial charge is 0.437 e. The Labute approximate surface area is 117 Å². The zero-order chi connectivity index (χ0) is 13.7. The Morgan fingerprint density at radius 1 is 1.26 bits per heavy atom. The fourth-order valence-corrected chi connectivity index (χ4v) is 1.88. The molecule has 2 heterocycles. The Morgan fingerprint density at radius 3 is 2.79 bits per heavy atom. The summed E-state index contributed by atoms with van der Waals surface area (Å²) in [4.78, 5) is 8.34. The average molecular weight is 279 g/mol. The molecule has 0 atom stereocenters. The highest BCUT2D eigenvalue weighted by Gasteiger charge is 2.05. The molecule has 0 aromatic carbocycles. The number of halogens is 1. The lowest BCUT2D eigenvalue weighted by Gasteiger charge is -2.08. The number of ether oxygens (including phenoxy) is 1. The summed E-state index contributed by atoms with van der Waals surface area (Å²) in [5, 5.41) is 9.75. The second-order valence-corrected chi connectivity index (χ2v) is 4.59. The summed E-state index contributed by atoms with van der Waals surface area (Å²) in [5.74, 6) is 0.969. The first-order valence-electron chi connectivity index (χ1n) is 6.10. The third-order valence-electron chi connectivity index (χ3n) is 2.51. The summed E-state index contributed by atoms with van der Waals surface area (Å²) >= 11 is 5.85. The van der Waals surface area contributed by atoms with Crippen LogP contribution in [0.25, 0.3) is 0 Å². The van der Waals surface area contributed by atoms with E-state index in [4.69, 9.17) is 16.3 Å². The fourth-order valence-electron chi connectivity index (χ4n) is 1.72. The first-order chi connectivity index (χ1) is 9.21. The fraction of sp³-hybridized carbons (Fsp3) is 0.286. The van der Waals surface area contributed by atoms with Gasteiger partial charge in [-0.25, -0.2) is 4.98 Å². The van der Waals surface area contributed by atoms with Gasteiger partial charge in [-0.3, -0.25) is 4.98 Å². The molecule has 0 aliphatic heterocycles. The highest BCUT2D eigenvalue weighted by Crippen LogP contribution is 2.23. The maximum atomic E-state index is 9.25. The molecular formula is C14H15ClN2O2. The molecular weight excluding hydrogens is 264 g/mol. The summed E-state index contributed by atoms with van der Waals surface area (Å²) in [6.45, 7) is 2.04. The van der Waals surface area contributed by atoms with Crippen LogP contribution in [-0.4, -0.2) is 15.1 Å². The van der Waals surface area contributed by atoms with Crippen LogP contribution < -0.4 is 4.74 Å². The van der Waals surface area contributed by atoms with Gasteiger partial charge in [0.05, 0.1) is 17.8 Å². The molecule has 0 unspecified atom stereocenters. The van der Waals surface area contributed by atoms with Crippen molar-refractivity contribution in [3.05, 3.63) is 46.9 Å². The molecule has 5 heteroatoms. The van der Waals surface area contributed by atoms with Crippen LogP contribution in [0.1, 0.15) is 24.6 Å². The van der Waals surface area contributed by atoms with E-state index >= 15 is 0 Å². The molecule has 0 aliphatic rings. The standard InChI is InChI=1S/C14H15ClN2O2/c1-2-3-12-4-10(9-18)5-14(17-12)19-13-6-11(15)7-16-8-13/h4-8,18H,2-3,9H2,1H3. The molecule has 0 spiro atoms.